The lowest BCUT2D eigenvalue weighted by Crippen LogP contribution is -2.02. The molecule has 4 heteroatoms. The van der Waals surface area contributed by atoms with Crippen molar-refractivity contribution in [3.05, 3.63) is 23.3 Å². The molecule has 0 atom stereocenters. The van der Waals surface area contributed by atoms with Crippen LogP contribution in [0.2, 0.25) is 0 Å². The molecule has 1 aromatic rings. The summed E-state index contributed by atoms with van der Waals surface area (Å²) < 4.78 is 15.5. The lowest BCUT2D eigenvalue weighted by molar-refractivity contribution is 0.177. The molecule has 0 amide bonds. The van der Waals surface area contributed by atoms with E-state index in [2.05, 4.69) is 0 Å². The van der Waals surface area contributed by atoms with Gasteiger partial charge in [-0.2, -0.15) is 0 Å². The molecule has 0 aromatic heterocycles. The number of aliphatic hydroxyl groups is 1. The first-order chi connectivity index (χ1) is 7.28. The van der Waals surface area contributed by atoms with E-state index in [1.807, 2.05) is 0 Å². The predicted octanol–water partition coefficient (Wildman–Crippen LogP) is 1.34. The van der Waals surface area contributed by atoms with Crippen LogP contribution in [-0.4, -0.2) is 26.4 Å². The molecule has 84 valence electrons. The van der Waals surface area contributed by atoms with Gasteiger partial charge in [0.25, 0.3) is 0 Å². The molecule has 15 heavy (non-hydrogen) atoms. The second-order valence-electron chi connectivity index (χ2n) is 3.03. The molecule has 0 fully saturated rings. The van der Waals surface area contributed by atoms with Crippen molar-refractivity contribution >= 4 is 0 Å². The number of benzene rings is 1. The molecule has 0 spiro atoms. The minimum atomic E-state index is -0.0426. The first-order valence-corrected chi connectivity index (χ1v) is 4.61. The Morgan fingerprint density at radius 1 is 1.13 bits per heavy atom. The quantitative estimate of drug-likeness (QED) is 0.800. The maximum Gasteiger partial charge on any atom is 0.166 e. The van der Waals surface area contributed by atoms with Crippen molar-refractivity contribution < 1.29 is 19.3 Å². The van der Waals surface area contributed by atoms with E-state index in [9.17, 15) is 5.11 Å². The van der Waals surface area contributed by atoms with Crippen LogP contribution < -0.4 is 9.47 Å². The maximum absolute atomic E-state index is 9.18. The van der Waals surface area contributed by atoms with Crippen LogP contribution in [0, 0.1) is 0 Å². The van der Waals surface area contributed by atoms with Crippen LogP contribution in [0.5, 0.6) is 11.5 Å². The van der Waals surface area contributed by atoms with Gasteiger partial charge in [-0.05, 0) is 11.6 Å². The van der Waals surface area contributed by atoms with Crippen LogP contribution in [0.3, 0.4) is 0 Å². The summed E-state index contributed by atoms with van der Waals surface area (Å²) in [5, 5.41) is 9.18. The number of hydrogen-bond acceptors (Lipinski definition) is 4. The zero-order chi connectivity index (χ0) is 11.3. The highest BCUT2D eigenvalue weighted by atomic mass is 16.5. The van der Waals surface area contributed by atoms with Crippen LogP contribution in [0.4, 0.5) is 0 Å². The first-order valence-electron chi connectivity index (χ1n) is 4.61. The van der Waals surface area contributed by atoms with Gasteiger partial charge in [-0.3, -0.25) is 0 Å². The van der Waals surface area contributed by atoms with Crippen molar-refractivity contribution in [2.45, 2.75) is 13.2 Å². The molecular formula is C11H16O4. The highest BCUT2D eigenvalue weighted by molar-refractivity contribution is 5.50. The first kappa shape index (κ1) is 11.8. The van der Waals surface area contributed by atoms with Crippen molar-refractivity contribution in [1.29, 1.82) is 0 Å². The van der Waals surface area contributed by atoms with E-state index in [-0.39, 0.29) is 6.61 Å². The highest BCUT2D eigenvalue weighted by Gasteiger charge is 2.13. The van der Waals surface area contributed by atoms with E-state index in [4.69, 9.17) is 14.2 Å². The zero-order valence-electron chi connectivity index (χ0n) is 9.24. The van der Waals surface area contributed by atoms with E-state index in [1.165, 1.54) is 0 Å². The third-order valence-electron chi connectivity index (χ3n) is 2.20. The Labute approximate surface area is 89.4 Å². The van der Waals surface area contributed by atoms with Gasteiger partial charge in [0.1, 0.15) is 0 Å². The SMILES string of the molecule is COCc1c(CO)ccc(OC)c1OC. The van der Waals surface area contributed by atoms with Gasteiger partial charge in [0.05, 0.1) is 27.4 Å². The summed E-state index contributed by atoms with van der Waals surface area (Å²) in [4.78, 5) is 0. The predicted molar refractivity (Wildman–Crippen MR) is 56.2 cm³/mol. The fraction of sp³-hybridized carbons (Fsp3) is 0.455. The number of aliphatic hydroxyl groups excluding tert-OH is 1. The standard InChI is InChI=1S/C11H16O4/c1-13-7-9-8(6-12)4-5-10(14-2)11(9)15-3/h4-5,12H,6-7H2,1-3H3. The molecule has 0 heterocycles. The lowest BCUT2D eigenvalue weighted by atomic mass is 10.1. The minimum absolute atomic E-state index is 0.0426. The van der Waals surface area contributed by atoms with Gasteiger partial charge in [0.15, 0.2) is 11.5 Å². The van der Waals surface area contributed by atoms with Crippen molar-refractivity contribution in [3.63, 3.8) is 0 Å². The van der Waals surface area contributed by atoms with Crippen LogP contribution in [0.25, 0.3) is 0 Å². The van der Waals surface area contributed by atoms with Gasteiger partial charge < -0.3 is 19.3 Å². The molecule has 1 rings (SSSR count). The molecule has 1 N–H and O–H groups in total. The highest BCUT2D eigenvalue weighted by Crippen LogP contribution is 2.33. The minimum Gasteiger partial charge on any atom is -0.493 e. The number of ether oxygens (including phenoxy) is 3. The fourth-order valence-corrected chi connectivity index (χ4v) is 1.48. The molecule has 0 bridgehead atoms. The zero-order valence-corrected chi connectivity index (χ0v) is 9.24. The molecule has 0 saturated carbocycles. The molecule has 0 saturated heterocycles. The average Bonchev–Trinajstić information content (AvgIpc) is 2.28. The summed E-state index contributed by atoms with van der Waals surface area (Å²) in [6.45, 7) is 0.343. The van der Waals surface area contributed by atoms with Crippen molar-refractivity contribution in [2.75, 3.05) is 21.3 Å². The Morgan fingerprint density at radius 2 is 1.87 bits per heavy atom. The Bertz CT molecular complexity index is 323. The summed E-state index contributed by atoms with van der Waals surface area (Å²) in [5.74, 6) is 1.26. The van der Waals surface area contributed by atoms with Gasteiger partial charge in [-0.1, -0.05) is 6.07 Å². The van der Waals surface area contributed by atoms with E-state index in [1.54, 1.807) is 33.5 Å². The third-order valence-corrected chi connectivity index (χ3v) is 2.20. The summed E-state index contributed by atoms with van der Waals surface area (Å²) >= 11 is 0. The fourth-order valence-electron chi connectivity index (χ4n) is 1.48. The van der Waals surface area contributed by atoms with Gasteiger partial charge in [0, 0.05) is 12.7 Å². The number of rotatable bonds is 5. The molecule has 4 nitrogen and oxygen atoms in total. The van der Waals surface area contributed by atoms with Crippen LogP contribution in [0.15, 0.2) is 12.1 Å². The van der Waals surface area contributed by atoms with Gasteiger partial charge in [0.2, 0.25) is 0 Å². The second-order valence-corrected chi connectivity index (χ2v) is 3.03. The summed E-state index contributed by atoms with van der Waals surface area (Å²) in [5.41, 5.74) is 1.61. The summed E-state index contributed by atoms with van der Waals surface area (Å²) in [6, 6.07) is 3.57. The Balaban J connectivity index is 3.24. The molecule has 0 aliphatic carbocycles. The van der Waals surface area contributed by atoms with E-state index in [0.29, 0.717) is 18.1 Å². The molecule has 0 aliphatic heterocycles. The topological polar surface area (TPSA) is 47.9 Å². The summed E-state index contributed by atoms with van der Waals surface area (Å²) in [6.07, 6.45) is 0. The van der Waals surface area contributed by atoms with Gasteiger partial charge in [-0.15, -0.1) is 0 Å². The summed E-state index contributed by atoms with van der Waals surface area (Å²) in [7, 11) is 4.74. The third kappa shape index (κ3) is 2.40. The Hall–Kier alpha value is -1.26. The molecule has 0 unspecified atom stereocenters. The van der Waals surface area contributed by atoms with Gasteiger partial charge in [-0.25, -0.2) is 0 Å². The van der Waals surface area contributed by atoms with Crippen molar-refractivity contribution in [3.8, 4) is 11.5 Å². The molecule has 1 aromatic carbocycles. The van der Waals surface area contributed by atoms with Crippen LogP contribution in [0.1, 0.15) is 11.1 Å². The monoisotopic (exact) mass is 212 g/mol. The largest absolute Gasteiger partial charge is 0.493 e. The smallest absolute Gasteiger partial charge is 0.166 e. The van der Waals surface area contributed by atoms with E-state index < -0.39 is 0 Å². The van der Waals surface area contributed by atoms with Gasteiger partial charge >= 0.3 is 0 Å². The molecular weight excluding hydrogens is 196 g/mol. The normalized spacial score (nSPS) is 10.1. The van der Waals surface area contributed by atoms with E-state index >= 15 is 0 Å². The van der Waals surface area contributed by atoms with Crippen molar-refractivity contribution in [2.24, 2.45) is 0 Å². The maximum atomic E-state index is 9.18. The van der Waals surface area contributed by atoms with Crippen molar-refractivity contribution in [1.82, 2.24) is 0 Å². The Morgan fingerprint density at radius 3 is 2.33 bits per heavy atom. The number of hydrogen-bond donors (Lipinski definition) is 1. The van der Waals surface area contributed by atoms with Crippen LogP contribution >= 0.6 is 0 Å². The molecule has 0 radical (unpaired) electrons. The molecule has 0 aliphatic rings. The Kier molecular flexibility index (Phi) is 4.39. The van der Waals surface area contributed by atoms with Crippen LogP contribution in [-0.2, 0) is 18.0 Å². The lowest BCUT2D eigenvalue weighted by Gasteiger charge is -2.15. The van der Waals surface area contributed by atoms with E-state index in [0.717, 1.165) is 11.1 Å². The average molecular weight is 212 g/mol. The second kappa shape index (κ2) is 5.58. The number of methoxy groups -OCH3 is 3.